The molecule has 4 aromatic rings. The first-order chi connectivity index (χ1) is 16.2. The third-order valence-electron chi connectivity index (χ3n) is 5.48. The molecule has 5 rings (SSSR count). The number of anilines is 1. The predicted molar refractivity (Wildman–Crippen MR) is 125 cm³/mol. The number of halogens is 1. The third kappa shape index (κ3) is 4.89. The van der Waals surface area contributed by atoms with Crippen LogP contribution < -0.4 is 5.32 Å². The zero-order chi connectivity index (χ0) is 22.6. The van der Waals surface area contributed by atoms with Crippen LogP contribution in [0.1, 0.15) is 12.8 Å². The first kappa shape index (κ1) is 21.5. The molecular formula is C24H22FN5O2S. The van der Waals surface area contributed by atoms with Crippen LogP contribution >= 0.6 is 11.8 Å². The zero-order valence-electron chi connectivity index (χ0n) is 17.8. The fourth-order valence-corrected chi connectivity index (χ4v) is 4.64. The van der Waals surface area contributed by atoms with Crippen molar-refractivity contribution in [3.63, 3.8) is 0 Å². The lowest BCUT2D eigenvalue weighted by atomic mass is 10.2. The van der Waals surface area contributed by atoms with Gasteiger partial charge in [-0.05, 0) is 61.4 Å². The Morgan fingerprint density at radius 2 is 2.03 bits per heavy atom. The van der Waals surface area contributed by atoms with Gasteiger partial charge in [0.1, 0.15) is 5.82 Å². The standard InChI is InChI=1S/C24H22FN5O2S/c25-17-10-8-16(9-11-17)23-28-29-24(30(23)14-18-4-3-13-32-18)33-15-22(31)27-21-7-1-6-20-19(21)5-2-12-26-20/h1-2,5-12,18H,3-4,13-15H2,(H,27,31). The summed E-state index contributed by atoms with van der Waals surface area (Å²) < 4.78 is 21.2. The van der Waals surface area contributed by atoms with E-state index in [-0.39, 0.29) is 23.6 Å². The number of thioether (sulfide) groups is 1. The summed E-state index contributed by atoms with van der Waals surface area (Å²) in [5.41, 5.74) is 2.31. The van der Waals surface area contributed by atoms with E-state index in [1.165, 1.54) is 23.9 Å². The average molecular weight is 464 g/mol. The van der Waals surface area contributed by atoms with Crippen LogP contribution in [-0.4, -0.2) is 44.1 Å². The van der Waals surface area contributed by atoms with Crippen molar-refractivity contribution in [3.8, 4) is 11.4 Å². The van der Waals surface area contributed by atoms with Crippen molar-refractivity contribution >= 4 is 34.3 Å². The lowest BCUT2D eigenvalue weighted by molar-refractivity contribution is -0.113. The smallest absolute Gasteiger partial charge is 0.234 e. The molecule has 1 saturated heterocycles. The van der Waals surface area contributed by atoms with Crippen molar-refractivity contribution in [2.45, 2.75) is 30.6 Å². The maximum Gasteiger partial charge on any atom is 0.234 e. The van der Waals surface area contributed by atoms with E-state index in [4.69, 9.17) is 4.74 Å². The van der Waals surface area contributed by atoms with Crippen molar-refractivity contribution < 1.29 is 13.9 Å². The summed E-state index contributed by atoms with van der Waals surface area (Å²) in [6.07, 6.45) is 3.77. The second-order valence-corrected chi connectivity index (χ2v) is 8.71. The molecule has 168 valence electrons. The molecular weight excluding hydrogens is 441 g/mol. The van der Waals surface area contributed by atoms with Gasteiger partial charge in [0.15, 0.2) is 11.0 Å². The number of benzene rings is 2. The Labute approximate surface area is 194 Å². The maximum atomic E-state index is 13.4. The lowest BCUT2D eigenvalue weighted by Crippen LogP contribution is -2.18. The van der Waals surface area contributed by atoms with Crippen LogP contribution in [0, 0.1) is 5.82 Å². The number of carbonyl (C=O) groups excluding carboxylic acids is 1. The molecule has 3 heterocycles. The minimum atomic E-state index is -0.307. The Kier molecular flexibility index (Phi) is 6.32. The summed E-state index contributed by atoms with van der Waals surface area (Å²) in [4.78, 5) is 17.1. The van der Waals surface area contributed by atoms with Crippen LogP contribution in [0.2, 0.25) is 0 Å². The summed E-state index contributed by atoms with van der Waals surface area (Å²) >= 11 is 1.31. The van der Waals surface area contributed by atoms with Gasteiger partial charge in [-0.15, -0.1) is 10.2 Å². The number of carbonyl (C=O) groups is 1. The van der Waals surface area contributed by atoms with Crippen molar-refractivity contribution in [2.75, 3.05) is 17.7 Å². The second kappa shape index (κ2) is 9.68. The zero-order valence-corrected chi connectivity index (χ0v) is 18.6. The Morgan fingerprint density at radius 1 is 1.15 bits per heavy atom. The summed E-state index contributed by atoms with van der Waals surface area (Å²) in [7, 11) is 0. The van der Waals surface area contributed by atoms with Crippen molar-refractivity contribution in [1.82, 2.24) is 19.7 Å². The van der Waals surface area contributed by atoms with Crippen LogP contribution in [0.3, 0.4) is 0 Å². The molecule has 1 atom stereocenters. The van der Waals surface area contributed by atoms with Gasteiger partial charge >= 0.3 is 0 Å². The van der Waals surface area contributed by atoms with Gasteiger partial charge < -0.3 is 10.1 Å². The number of amides is 1. The molecule has 1 fully saturated rings. The molecule has 9 heteroatoms. The van der Waals surface area contributed by atoms with Gasteiger partial charge in [-0.1, -0.05) is 17.8 Å². The van der Waals surface area contributed by atoms with Crippen LogP contribution in [0.5, 0.6) is 0 Å². The van der Waals surface area contributed by atoms with E-state index >= 15 is 0 Å². The normalized spacial score (nSPS) is 15.7. The van der Waals surface area contributed by atoms with Crippen LogP contribution in [0.4, 0.5) is 10.1 Å². The quantitative estimate of drug-likeness (QED) is 0.405. The SMILES string of the molecule is O=C(CSc1nnc(-c2ccc(F)cc2)n1CC1CCCO1)Nc1cccc2ncccc12. The first-order valence-electron chi connectivity index (χ1n) is 10.7. The minimum Gasteiger partial charge on any atom is -0.376 e. The summed E-state index contributed by atoms with van der Waals surface area (Å²) in [6.45, 7) is 1.32. The number of nitrogens with zero attached hydrogens (tertiary/aromatic N) is 4. The first-order valence-corrected chi connectivity index (χ1v) is 11.7. The lowest BCUT2D eigenvalue weighted by Gasteiger charge is -2.15. The number of rotatable bonds is 7. The predicted octanol–water partition coefficient (Wildman–Crippen LogP) is 4.54. The highest BCUT2D eigenvalue weighted by atomic mass is 32.2. The average Bonchev–Trinajstić information content (AvgIpc) is 3.49. The molecule has 1 aliphatic rings. The minimum absolute atomic E-state index is 0.0663. The summed E-state index contributed by atoms with van der Waals surface area (Å²) in [6, 6.07) is 15.6. The molecule has 1 amide bonds. The van der Waals surface area contributed by atoms with E-state index in [0.29, 0.717) is 17.5 Å². The van der Waals surface area contributed by atoms with Gasteiger partial charge in [0.05, 0.1) is 29.6 Å². The molecule has 0 aliphatic carbocycles. The number of hydrogen-bond donors (Lipinski definition) is 1. The number of nitrogens with one attached hydrogen (secondary N) is 1. The fourth-order valence-electron chi connectivity index (χ4n) is 3.89. The molecule has 7 nitrogen and oxygen atoms in total. The highest BCUT2D eigenvalue weighted by molar-refractivity contribution is 7.99. The van der Waals surface area contributed by atoms with E-state index in [0.717, 1.165) is 41.6 Å². The van der Waals surface area contributed by atoms with E-state index in [1.807, 2.05) is 34.9 Å². The van der Waals surface area contributed by atoms with Gasteiger partial charge in [-0.2, -0.15) is 0 Å². The molecule has 0 saturated carbocycles. The fraction of sp³-hybridized carbons (Fsp3) is 0.250. The van der Waals surface area contributed by atoms with Crippen molar-refractivity contribution in [2.24, 2.45) is 0 Å². The molecule has 1 unspecified atom stereocenters. The number of ether oxygens (including phenoxy) is 1. The van der Waals surface area contributed by atoms with Gasteiger partial charge in [-0.25, -0.2) is 4.39 Å². The van der Waals surface area contributed by atoms with Gasteiger partial charge in [0, 0.05) is 23.8 Å². The van der Waals surface area contributed by atoms with Crippen LogP contribution in [0.15, 0.2) is 66.0 Å². The van der Waals surface area contributed by atoms with E-state index < -0.39 is 0 Å². The number of pyridine rings is 1. The molecule has 1 N–H and O–H groups in total. The topological polar surface area (TPSA) is 81.9 Å². The number of fused-ring (bicyclic) bond motifs is 1. The largest absolute Gasteiger partial charge is 0.376 e. The molecule has 2 aromatic heterocycles. The van der Waals surface area contributed by atoms with E-state index in [9.17, 15) is 9.18 Å². The summed E-state index contributed by atoms with van der Waals surface area (Å²) in [5, 5.41) is 13.1. The second-order valence-electron chi connectivity index (χ2n) is 7.77. The maximum absolute atomic E-state index is 13.4. The Balaban J connectivity index is 1.34. The monoisotopic (exact) mass is 463 g/mol. The van der Waals surface area contributed by atoms with Gasteiger partial charge in [-0.3, -0.25) is 14.3 Å². The van der Waals surface area contributed by atoms with Crippen molar-refractivity contribution in [3.05, 3.63) is 66.6 Å². The van der Waals surface area contributed by atoms with E-state index in [1.54, 1.807) is 18.3 Å². The molecule has 0 radical (unpaired) electrons. The molecule has 1 aliphatic heterocycles. The number of aromatic nitrogens is 4. The Bertz CT molecular complexity index is 1270. The third-order valence-corrected chi connectivity index (χ3v) is 6.45. The van der Waals surface area contributed by atoms with Crippen molar-refractivity contribution in [1.29, 1.82) is 0 Å². The Morgan fingerprint density at radius 3 is 2.85 bits per heavy atom. The van der Waals surface area contributed by atoms with Gasteiger partial charge in [0.2, 0.25) is 5.91 Å². The highest BCUT2D eigenvalue weighted by Gasteiger charge is 2.22. The molecule has 33 heavy (non-hydrogen) atoms. The summed E-state index contributed by atoms with van der Waals surface area (Å²) in [5.74, 6) is 0.350. The van der Waals surface area contributed by atoms with Crippen LogP contribution in [-0.2, 0) is 16.1 Å². The van der Waals surface area contributed by atoms with Gasteiger partial charge in [0.25, 0.3) is 0 Å². The molecule has 2 aromatic carbocycles. The van der Waals surface area contributed by atoms with E-state index in [2.05, 4.69) is 20.5 Å². The molecule has 0 spiro atoms. The number of hydrogen-bond acceptors (Lipinski definition) is 6. The molecule has 0 bridgehead atoms. The highest BCUT2D eigenvalue weighted by Crippen LogP contribution is 2.27. The van der Waals surface area contributed by atoms with Crippen LogP contribution in [0.25, 0.3) is 22.3 Å². The Hall–Kier alpha value is -3.30.